The molecule has 4 rings (SSSR count). The summed E-state index contributed by atoms with van der Waals surface area (Å²) >= 11 is 8.07. The summed E-state index contributed by atoms with van der Waals surface area (Å²) in [6, 6.07) is 15.1. The first-order valence-corrected chi connectivity index (χ1v) is 10.5. The largest absolute Gasteiger partial charge is 0.320 e. The molecule has 0 spiro atoms. The van der Waals surface area contributed by atoms with E-state index in [1.54, 1.807) is 11.8 Å². The van der Waals surface area contributed by atoms with Gasteiger partial charge in [-0.3, -0.25) is 0 Å². The SMILES string of the molecule is CSc1ccc(C(C)=Cn2c3c(c4cc(Cl)ccc42)CN(C)CC3)cc1. The van der Waals surface area contributed by atoms with E-state index in [1.807, 2.05) is 6.07 Å². The minimum Gasteiger partial charge on any atom is -0.320 e. The molecule has 0 saturated heterocycles. The number of nitrogens with zero attached hydrogens (tertiary/aromatic N) is 2. The van der Waals surface area contributed by atoms with Gasteiger partial charge in [-0.1, -0.05) is 23.7 Å². The molecule has 134 valence electrons. The van der Waals surface area contributed by atoms with Crippen LogP contribution in [-0.2, 0) is 13.0 Å². The molecule has 26 heavy (non-hydrogen) atoms. The Kier molecular flexibility index (Phi) is 4.87. The molecule has 0 radical (unpaired) electrons. The van der Waals surface area contributed by atoms with Gasteiger partial charge in [-0.15, -0.1) is 11.8 Å². The topological polar surface area (TPSA) is 8.17 Å². The molecule has 1 aromatic heterocycles. The van der Waals surface area contributed by atoms with E-state index in [1.165, 1.54) is 38.2 Å². The summed E-state index contributed by atoms with van der Waals surface area (Å²) in [6.07, 6.45) is 5.46. The van der Waals surface area contributed by atoms with E-state index < -0.39 is 0 Å². The van der Waals surface area contributed by atoms with Crippen LogP contribution in [0.2, 0.25) is 5.02 Å². The summed E-state index contributed by atoms with van der Waals surface area (Å²) in [4.78, 5) is 3.67. The van der Waals surface area contributed by atoms with Crippen molar-refractivity contribution in [3.63, 3.8) is 0 Å². The number of hydrogen-bond acceptors (Lipinski definition) is 2. The second kappa shape index (κ2) is 7.15. The van der Waals surface area contributed by atoms with Crippen LogP contribution >= 0.6 is 23.4 Å². The smallest absolute Gasteiger partial charge is 0.0529 e. The molecule has 0 amide bonds. The number of fused-ring (bicyclic) bond motifs is 3. The molecular weight excluding hydrogens is 360 g/mol. The molecule has 3 aromatic rings. The summed E-state index contributed by atoms with van der Waals surface area (Å²) in [7, 11) is 2.19. The zero-order valence-electron chi connectivity index (χ0n) is 15.4. The number of hydrogen-bond donors (Lipinski definition) is 0. The van der Waals surface area contributed by atoms with Crippen molar-refractivity contribution in [1.82, 2.24) is 9.47 Å². The Morgan fingerprint density at radius 3 is 2.65 bits per heavy atom. The molecule has 0 saturated carbocycles. The van der Waals surface area contributed by atoms with Crippen molar-refractivity contribution < 1.29 is 0 Å². The van der Waals surface area contributed by atoms with Gasteiger partial charge < -0.3 is 9.47 Å². The van der Waals surface area contributed by atoms with E-state index in [9.17, 15) is 0 Å². The van der Waals surface area contributed by atoms with E-state index in [0.29, 0.717) is 0 Å². The minimum atomic E-state index is 0.805. The molecule has 0 unspecified atom stereocenters. The Labute approximate surface area is 164 Å². The molecule has 1 aliphatic heterocycles. The van der Waals surface area contributed by atoms with E-state index >= 15 is 0 Å². The lowest BCUT2D eigenvalue weighted by atomic mass is 10.1. The molecule has 2 heterocycles. The third kappa shape index (κ3) is 3.20. The minimum absolute atomic E-state index is 0.805. The summed E-state index contributed by atoms with van der Waals surface area (Å²) in [6.45, 7) is 4.26. The molecule has 4 heteroatoms. The average molecular weight is 383 g/mol. The van der Waals surface area contributed by atoms with Crippen molar-refractivity contribution in [2.24, 2.45) is 0 Å². The zero-order valence-corrected chi connectivity index (χ0v) is 17.0. The molecule has 0 N–H and O–H groups in total. The van der Waals surface area contributed by atoms with Gasteiger partial charge in [0.2, 0.25) is 0 Å². The van der Waals surface area contributed by atoms with Gasteiger partial charge in [0.1, 0.15) is 0 Å². The monoisotopic (exact) mass is 382 g/mol. The Morgan fingerprint density at radius 1 is 1.15 bits per heavy atom. The lowest BCUT2D eigenvalue weighted by Gasteiger charge is -2.23. The number of benzene rings is 2. The molecule has 0 bridgehead atoms. The fourth-order valence-electron chi connectivity index (χ4n) is 3.77. The predicted octanol–water partition coefficient (Wildman–Crippen LogP) is 6.02. The second-order valence-electron chi connectivity index (χ2n) is 6.99. The number of halogens is 1. The van der Waals surface area contributed by atoms with Gasteiger partial charge in [0.05, 0.1) is 5.52 Å². The van der Waals surface area contributed by atoms with Gasteiger partial charge >= 0.3 is 0 Å². The van der Waals surface area contributed by atoms with Crippen LogP contribution in [0.4, 0.5) is 0 Å². The van der Waals surface area contributed by atoms with E-state index in [4.69, 9.17) is 11.6 Å². The third-order valence-electron chi connectivity index (χ3n) is 5.21. The van der Waals surface area contributed by atoms with Crippen molar-refractivity contribution in [3.8, 4) is 0 Å². The Balaban J connectivity index is 1.85. The predicted molar refractivity (Wildman–Crippen MR) is 115 cm³/mol. The van der Waals surface area contributed by atoms with Gasteiger partial charge in [0.15, 0.2) is 0 Å². The zero-order chi connectivity index (χ0) is 18.3. The molecule has 0 fully saturated rings. The number of rotatable bonds is 3. The van der Waals surface area contributed by atoms with Crippen LogP contribution in [0.1, 0.15) is 23.7 Å². The van der Waals surface area contributed by atoms with Crippen molar-refractivity contribution in [2.45, 2.75) is 24.8 Å². The molecule has 0 aliphatic carbocycles. The van der Waals surface area contributed by atoms with Gasteiger partial charge in [0.25, 0.3) is 0 Å². The van der Waals surface area contributed by atoms with E-state index in [0.717, 1.165) is 24.5 Å². The van der Waals surface area contributed by atoms with Crippen LogP contribution in [0.25, 0.3) is 22.7 Å². The standard InChI is InChI=1S/C22H23ClN2S/c1-15(16-4-7-18(26-3)8-5-16)13-25-21-9-6-17(23)12-19(21)20-14-24(2)11-10-22(20)25/h4-9,12-13H,10-11,14H2,1-3H3. The highest BCUT2D eigenvalue weighted by molar-refractivity contribution is 7.98. The molecule has 2 aromatic carbocycles. The fourth-order valence-corrected chi connectivity index (χ4v) is 4.35. The van der Waals surface area contributed by atoms with Crippen molar-refractivity contribution >= 4 is 46.0 Å². The average Bonchev–Trinajstić information content (AvgIpc) is 2.94. The summed E-state index contributed by atoms with van der Waals surface area (Å²) < 4.78 is 2.38. The van der Waals surface area contributed by atoms with Gasteiger partial charge in [-0.05, 0) is 67.3 Å². The maximum atomic E-state index is 6.30. The Bertz CT molecular complexity index is 986. The first-order chi connectivity index (χ1) is 12.6. The number of aromatic nitrogens is 1. The lowest BCUT2D eigenvalue weighted by molar-refractivity contribution is 0.312. The quantitative estimate of drug-likeness (QED) is 0.511. The van der Waals surface area contributed by atoms with Crippen LogP contribution in [0.5, 0.6) is 0 Å². The second-order valence-corrected chi connectivity index (χ2v) is 8.30. The van der Waals surface area contributed by atoms with Gasteiger partial charge in [-0.25, -0.2) is 0 Å². The first kappa shape index (κ1) is 17.7. The fraction of sp³-hybridized carbons (Fsp3) is 0.273. The summed E-state index contributed by atoms with van der Waals surface area (Å²) in [5.74, 6) is 0. The lowest BCUT2D eigenvalue weighted by Crippen LogP contribution is -2.26. The summed E-state index contributed by atoms with van der Waals surface area (Å²) in [5.41, 5.74) is 6.61. The van der Waals surface area contributed by atoms with Crippen LogP contribution in [-0.4, -0.2) is 29.3 Å². The van der Waals surface area contributed by atoms with Crippen LogP contribution < -0.4 is 0 Å². The number of allylic oxidation sites excluding steroid dienone is 1. The Morgan fingerprint density at radius 2 is 1.92 bits per heavy atom. The van der Waals surface area contributed by atoms with Crippen molar-refractivity contribution in [3.05, 3.63) is 64.3 Å². The van der Waals surface area contributed by atoms with Crippen LogP contribution in [0, 0.1) is 0 Å². The van der Waals surface area contributed by atoms with Crippen molar-refractivity contribution in [1.29, 1.82) is 0 Å². The highest BCUT2D eigenvalue weighted by atomic mass is 35.5. The molecular formula is C22H23ClN2S. The highest BCUT2D eigenvalue weighted by Crippen LogP contribution is 2.33. The first-order valence-electron chi connectivity index (χ1n) is 8.89. The number of likely N-dealkylation sites (N-methyl/N-ethyl adjacent to an activating group) is 1. The van der Waals surface area contributed by atoms with Crippen molar-refractivity contribution in [2.75, 3.05) is 19.8 Å². The highest BCUT2D eigenvalue weighted by Gasteiger charge is 2.22. The third-order valence-corrected chi connectivity index (χ3v) is 6.19. The van der Waals surface area contributed by atoms with E-state index in [2.05, 4.69) is 72.3 Å². The normalized spacial score (nSPS) is 15.5. The molecule has 2 nitrogen and oxygen atoms in total. The van der Waals surface area contributed by atoms with Gasteiger partial charge in [0, 0.05) is 46.7 Å². The number of thioether (sulfide) groups is 1. The molecule has 1 aliphatic rings. The van der Waals surface area contributed by atoms with Crippen LogP contribution in [0.15, 0.2) is 47.4 Å². The maximum Gasteiger partial charge on any atom is 0.0529 e. The summed E-state index contributed by atoms with van der Waals surface area (Å²) in [5, 5.41) is 2.08. The van der Waals surface area contributed by atoms with Gasteiger partial charge in [-0.2, -0.15) is 0 Å². The van der Waals surface area contributed by atoms with E-state index in [-0.39, 0.29) is 0 Å². The molecule has 0 atom stereocenters. The Hall–Kier alpha value is -1.68. The van der Waals surface area contributed by atoms with Crippen LogP contribution in [0.3, 0.4) is 0 Å². The maximum absolute atomic E-state index is 6.30.